The third-order valence-electron chi connectivity index (χ3n) is 3.64. The fraction of sp³-hybridized carbons (Fsp3) is 0.571. The Balaban J connectivity index is 3.38. The summed E-state index contributed by atoms with van der Waals surface area (Å²) in [4.78, 5) is -0.294. The number of benzene rings is 1. The maximum absolute atomic E-state index is 14.5. The second-order valence-corrected chi connectivity index (χ2v) is 8.29. The lowest BCUT2D eigenvalue weighted by atomic mass is 10.1. The zero-order valence-electron chi connectivity index (χ0n) is 12.9. The van der Waals surface area contributed by atoms with Crippen LogP contribution >= 0.6 is 15.9 Å². The average Bonchev–Trinajstić information content (AvgIpc) is 2.40. The molecule has 1 N–H and O–H groups in total. The lowest BCUT2D eigenvalue weighted by molar-refractivity contribution is 0.314. The highest BCUT2D eigenvalue weighted by Crippen LogP contribution is 2.28. The minimum Gasteiger partial charge on any atom is -0.316 e. The van der Waals surface area contributed by atoms with Gasteiger partial charge in [0.1, 0.15) is 10.7 Å². The van der Waals surface area contributed by atoms with Crippen molar-refractivity contribution in [2.24, 2.45) is 5.92 Å². The van der Waals surface area contributed by atoms with Crippen molar-refractivity contribution >= 4 is 26.0 Å². The van der Waals surface area contributed by atoms with Crippen LogP contribution in [0.3, 0.4) is 0 Å². The zero-order chi connectivity index (χ0) is 16.4. The number of sulfonamides is 1. The first-order valence-electron chi connectivity index (χ1n) is 6.73. The molecule has 1 aromatic carbocycles. The van der Waals surface area contributed by atoms with Crippen LogP contribution in [0.5, 0.6) is 0 Å². The van der Waals surface area contributed by atoms with Crippen LogP contribution in [0.4, 0.5) is 4.39 Å². The molecule has 0 aromatic heterocycles. The monoisotopic (exact) mass is 380 g/mol. The van der Waals surface area contributed by atoms with Crippen LogP contribution < -0.4 is 5.32 Å². The van der Waals surface area contributed by atoms with Crippen molar-refractivity contribution in [1.82, 2.24) is 9.62 Å². The van der Waals surface area contributed by atoms with E-state index in [1.165, 1.54) is 17.4 Å². The molecule has 1 aromatic rings. The number of nitrogens with zero attached hydrogens (tertiary/aromatic N) is 1. The van der Waals surface area contributed by atoms with Gasteiger partial charge in [0, 0.05) is 29.7 Å². The number of hydrogen-bond acceptors (Lipinski definition) is 3. The summed E-state index contributed by atoms with van der Waals surface area (Å²) in [5.74, 6) is -0.563. The molecule has 1 unspecified atom stereocenters. The molecule has 0 saturated heterocycles. The van der Waals surface area contributed by atoms with Crippen LogP contribution in [-0.2, 0) is 16.6 Å². The summed E-state index contributed by atoms with van der Waals surface area (Å²) in [6, 6.07) is 2.67. The van der Waals surface area contributed by atoms with Crippen LogP contribution in [0, 0.1) is 11.7 Å². The first kappa shape index (κ1) is 18.5. The Labute approximate surface area is 134 Å². The van der Waals surface area contributed by atoms with Crippen LogP contribution in [0.15, 0.2) is 21.5 Å². The van der Waals surface area contributed by atoms with Gasteiger partial charge in [-0.25, -0.2) is 12.8 Å². The number of hydrogen-bond donors (Lipinski definition) is 1. The molecule has 0 bridgehead atoms. The molecule has 1 rings (SSSR count). The van der Waals surface area contributed by atoms with E-state index >= 15 is 0 Å². The van der Waals surface area contributed by atoms with E-state index in [1.807, 2.05) is 20.8 Å². The lowest BCUT2D eigenvalue weighted by Gasteiger charge is -2.27. The van der Waals surface area contributed by atoms with Crippen molar-refractivity contribution in [3.05, 3.63) is 28.0 Å². The van der Waals surface area contributed by atoms with Gasteiger partial charge in [-0.05, 0) is 32.0 Å². The van der Waals surface area contributed by atoms with Crippen molar-refractivity contribution in [3.63, 3.8) is 0 Å². The van der Waals surface area contributed by atoms with Crippen LogP contribution in [-0.4, -0.2) is 32.9 Å². The summed E-state index contributed by atoms with van der Waals surface area (Å²) in [6.07, 6.45) is 0. The smallest absolute Gasteiger partial charge is 0.246 e. The predicted molar refractivity (Wildman–Crippen MR) is 86.1 cm³/mol. The second-order valence-electron chi connectivity index (χ2n) is 5.41. The van der Waals surface area contributed by atoms with Crippen molar-refractivity contribution < 1.29 is 12.8 Å². The van der Waals surface area contributed by atoms with Gasteiger partial charge in [0.2, 0.25) is 10.0 Å². The van der Waals surface area contributed by atoms with Crippen LogP contribution in [0.2, 0.25) is 0 Å². The average molecular weight is 381 g/mol. The van der Waals surface area contributed by atoms with Gasteiger partial charge >= 0.3 is 0 Å². The molecular weight excluding hydrogens is 359 g/mol. The summed E-state index contributed by atoms with van der Waals surface area (Å²) in [5, 5.41) is 2.83. The molecular formula is C14H22BrFN2O2S. The highest BCUT2D eigenvalue weighted by molar-refractivity contribution is 9.10. The minimum absolute atomic E-state index is 0.136. The van der Waals surface area contributed by atoms with Crippen LogP contribution in [0.1, 0.15) is 26.3 Å². The Morgan fingerprint density at radius 1 is 1.33 bits per heavy atom. The summed E-state index contributed by atoms with van der Waals surface area (Å²) >= 11 is 3.25. The maximum Gasteiger partial charge on any atom is 0.246 e. The molecule has 120 valence electrons. The standard InChI is InChI=1S/C14H22BrFN2O2S/c1-9(2)10(3)18(5)21(19,20)13-7-12(15)6-11(8-17-4)14(13)16/h6-7,9-10,17H,8H2,1-5H3. The summed E-state index contributed by atoms with van der Waals surface area (Å²) in [5.41, 5.74) is 0.316. The highest BCUT2D eigenvalue weighted by Gasteiger charge is 2.30. The first-order valence-corrected chi connectivity index (χ1v) is 8.96. The topological polar surface area (TPSA) is 49.4 Å². The molecule has 0 heterocycles. The molecule has 0 amide bonds. The maximum atomic E-state index is 14.5. The van der Waals surface area contributed by atoms with Gasteiger partial charge in [-0.15, -0.1) is 0 Å². The van der Waals surface area contributed by atoms with Gasteiger partial charge in [-0.2, -0.15) is 4.31 Å². The zero-order valence-corrected chi connectivity index (χ0v) is 15.3. The molecule has 0 aliphatic heterocycles. The van der Waals surface area contributed by atoms with Crippen molar-refractivity contribution in [2.45, 2.75) is 38.3 Å². The Hall–Kier alpha value is -0.500. The lowest BCUT2D eigenvalue weighted by Crippen LogP contribution is -2.38. The van der Waals surface area contributed by atoms with E-state index in [-0.39, 0.29) is 23.4 Å². The Morgan fingerprint density at radius 3 is 2.38 bits per heavy atom. The van der Waals surface area contributed by atoms with E-state index in [0.717, 1.165) is 0 Å². The largest absolute Gasteiger partial charge is 0.316 e. The van der Waals surface area contributed by atoms with E-state index in [1.54, 1.807) is 13.1 Å². The van der Waals surface area contributed by atoms with E-state index in [2.05, 4.69) is 21.2 Å². The molecule has 0 saturated carbocycles. The van der Waals surface area contributed by atoms with E-state index < -0.39 is 15.8 Å². The third-order valence-corrected chi connectivity index (χ3v) is 6.04. The molecule has 1 atom stereocenters. The van der Waals surface area contributed by atoms with Gasteiger partial charge in [-0.3, -0.25) is 0 Å². The molecule has 0 spiro atoms. The quantitative estimate of drug-likeness (QED) is 0.824. The van der Waals surface area contributed by atoms with E-state index in [0.29, 0.717) is 10.0 Å². The van der Waals surface area contributed by atoms with E-state index in [9.17, 15) is 12.8 Å². The molecule has 0 aliphatic carbocycles. The van der Waals surface area contributed by atoms with Crippen LogP contribution in [0.25, 0.3) is 0 Å². The summed E-state index contributed by atoms with van der Waals surface area (Å²) < 4.78 is 41.6. The fourth-order valence-electron chi connectivity index (χ4n) is 1.92. The summed E-state index contributed by atoms with van der Waals surface area (Å²) in [7, 11) is -0.710. The van der Waals surface area contributed by atoms with Crippen molar-refractivity contribution in [2.75, 3.05) is 14.1 Å². The molecule has 7 heteroatoms. The van der Waals surface area contributed by atoms with Crippen molar-refractivity contribution in [1.29, 1.82) is 0 Å². The SMILES string of the molecule is CNCc1cc(Br)cc(S(=O)(=O)N(C)C(C)C(C)C)c1F. The Morgan fingerprint density at radius 2 is 1.90 bits per heavy atom. The van der Waals surface area contributed by atoms with Gasteiger partial charge in [0.25, 0.3) is 0 Å². The van der Waals surface area contributed by atoms with Gasteiger partial charge in [0.05, 0.1) is 0 Å². The van der Waals surface area contributed by atoms with Gasteiger partial charge in [-0.1, -0.05) is 29.8 Å². The minimum atomic E-state index is -3.88. The normalized spacial score (nSPS) is 14.0. The highest BCUT2D eigenvalue weighted by atomic mass is 79.9. The number of halogens is 2. The Bertz CT molecular complexity index is 605. The second kappa shape index (κ2) is 7.17. The summed E-state index contributed by atoms with van der Waals surface area (Å²) in [6.45, 7) is 5.94. The Kier molecular flexibility index (Phi) is 6.34. The van der Waals surface area contributed by atoms with Gasteiger partial charge in [0.15, 0.2) is 0 Å². The predicted octanol–water partition coefficient (Wildman–Crippen LogP) is 2.97. The van der Waals surface area contributed by atoms with Gasteiger partial charge < -0.3 is 5.32 Å². The van der Waals surface area contributed by atoms with E-state index in [4.69, 9.17) is 0 Å². The first-order chi connectivity index (χ1) is 9.62. The molecule has 0 aliphatic rings. The fourth-order valence-corrected chi connectivity index (χ4v) is 4.20. The molecule has 0 radical (unpaired) electrons. The third kappa shape index (κ3) is 4.03. The number of rotatable bonds is 6. The molecule has 21 heavy (non-hydrogen) atoms. The number of nitrogens with one attached hydrogen (secondary N) is 1. The van der Waals surface area contributed by atoms with Crippen molar-refractivity contribution in [3.8, 4) is 0 Å². The molecule has 0 fully saturated rings. The molecule has 4 nitrogen and oxygen atoms in total.